The molecule has 0 bridgehead atoms. The molecule has 3 aromatic rings. The summed E-state index contributed by atoms with van der Waals surface area (Å²) in [5.41, 5.74) is 2.00. The summed E-state index contributed by atoms with van der Waals surface area (Å²) in [5, 5.41) is 14.2. The number of ether oxygens (including phenoxy) is 1. The summed E-state index contributed by atoms with van der Waals surface area (Å²) in [7, 11) is -4.38. The summed E-state index contributed by atoms with van der Waals surface area (Å²) in [6.07, 6.45) is 1.62. The first-order valence-corrected chi connectivity index (χ1v) is 13.2. The predicted octanol–water partition coefficient (Wildman–Crippen LogP) is 4.96. The lowest BCUT2D eigenvalue weighted by Gasteiger charge is -2.12. The van der Waals surface area contributed by atoms with Crippen LogP contribution in [0.15, 0.2) is 81.5 Å². The Morgan fingerprint density at radius 2 is 1.84 bits per heavy atom. The maximum absolute atomic E-state index is 12.8. The molecule has 1 aliphatic heterocycles. The third-order valence-electron chi connectivity index (χ3n) is 5.00. The van der Waals surface area contributed by atoms with Crippen molar-refractivity contribution in [2.24, 2.45) is 4.99 Å². The van der Waals surface area contributed by atoms with Gasteiger partial charge in [-0.15, -0.1) is 0 Å². The van der Waals surface area contributed by atoms with Gasteiger partial charge in [-0.2, -0.15) is 8.42 Å². The van der Waals surface area contributed by atoms with Crippen molar-refractivity contribution < 1.29 is 27.1 Å². The van der Waals surface area contributed by atoms with Gasteiger partial charge in [0, 0.05) is 12.1 Å². The number of carbonyl (C=O) groups is 1. The number of nitrogens with one attached hydrogen (secondary N) is 1. The number of hydrogen-bond acceptors (Lipinski definition) is 9. The molecule has 1 fully saturated rings. The van der Waals surface area contributed by atoms with Gasteiger partial charge < -0.3 is 14.2 Å². The molecule has 0 saturated carbocycles. The lowest BCUT2D eigenvalue weighted by Crippen LogP contribution is -2.19. The number of benzene rings is 3. The molecule has 1 saturated heterocycles. The third kappa shape index (κ3) is 6.35. The van der Waals surface area contributed by atoms with Crippen LogP contribution in [0.2, 0.25) is 0 Å². The minimum atomic E-state index is -4.38. The first kappa shape index (κ1) is 25.9. The third-order valence-corrected chi connectivity index (χ3v) is 7.14. The van der Waals surface area contributed by atoms with Crippen LogP contribution in [0.5, 0.6) is 11.5 Å². The van der Waals surface area contributed by atoms with Crippen LogP contribution in [0.4, 0.5) is 11.4 Å². The van der Waals surface area contributed by atoms with Gasteiger partial charge >= 0.3 is 10.1 Å². The van der Waals surface area contributed by atoms with Gasteiger partial charge in [0.1, 0.15) is 4.90 Å². The molecule has 190 valence electrons. The number of nitro groups is 1. The number of non-ortho nitro benzene ring substituents is 1. The lowest BCUT2D eigenvalue weighted by molar-refractivity contribution is -0.385. The summed E-state index contributed by atoms with van der Waals surface area (Å²) in [6.45, 7) is 3.91. The molecule has 0 atom stereocenters. The minimum absolute atomic E-state index is 0.0966. The van der Waals surface area contributed by atoms with Crippen molar-refractivity contribution in [3.8, 4) is 11.5 Å². The summed E-state index contributed by atoms with van der Waals surface area (Å²) in [5.74, 6) is -0.286. The molecular weight excluding hydrogens is 518 g/mol. The van der Waals surface area contributed by atoms with E-state index in [4.69, 9.17) is 8.92 Å². The molecule has 0 spiro atoms. The predicted molar refractivity (Wildman–Crippen MR) is 141 cm³/mol. The number of nitrogens with zero attached hydrogens (tertiary/aromatic N) is 2. The molecule has 3 aromatic carbocycles. The van der Waals surface area contributed by atoms with Gasteiger partial charge in [-0.1, -0.05) is 29.8 Å². The SMILES string of the molecule is CCOc1cc(/C=C2\SC(=Nc3ccc(C)cc3)NC2=O)ccc1OS(=O)(=O)c1cccc([N+](=O)[O-])c1. The molecule has 4 rings (SSSR count). The Morgan fingerprint density at radius 1 is 1.08 bits per heavy atom. The molecule has 37 heavy (non-hydrogen) atoms. The zero-order valence-electron chi connectivity index (χ0n) is 19.7. The number of amidine groups is 1. The van der Waals surface area contributed by atoms with Crippen molar-refractivity contribution in [2.75, 3.05) is 6.61 Å². The Labute approximate surface area is 217 Å². The van der Waals surface area contributed by atoms with Crippen LogP contribution in [0.1, 0.15) is 18.1 Å². The lowest BCUT2D eigenvalue weighted by atomic mass is 10.2. The molecule has 0 radical (unpaired) electrons. The number of carbonyl (C=O) groups excluding carboxylic acids is 1. The zero-order chi connectivity index (χ0) is 26.6. The quantitative estimate of drug-likeness (QED) is 0.183. The van der Waals surface area contributed by atoms with Crippen LogP contribution in [0.25, 0.3) is 6.08 Å². The number of hydrogen-bond donors (Lipinski definition) is 1. The van der Waals surface area contributed by atoms with Gasteiger partial charge in [-0.05, 0) is 67.6 Å². The standard InChI is InChI=1S/C25H21N3O7S2/c1-3-34-22-13-17(14-23-24(29)27-25(36-23)26-18-10-7-16(2)8-11-18)9-12-21(22)35-37(32,33)20-6-4-5-19(15-20)28(30)31/h4-15H,3H2,1-2H3,(H,26,27,29)/b23-14-. The Hall–Kier alpha value is -4.16. The van der Waals surface area contributed by atoms with E-state index in [-0.39, 0.29) is 34.6 Å². The highest BCUT2D eigenvalue weighted by atomic mass is 32.2. The Morgan fingerprint density at radius 3 is 2.54 bits per heavy atom. The van der Waals surface area contributed by atoms with Crippen LogP contribution < -0.4 is 14.2 Å². The molecule has 1 amide bonds. The monoisotopic (exact) mass is 539 g/mol. The van der Waals surface area contributed by atoms with E-state index in [2.05, 4.69) is 10.3 Å². The number of nitro benzene ring substituents is 1. The van der Waals surface area contributed by atoms with Gasteiger partial charge in [0.15, 0.2) is 16.7 Å². The second kappa shape index (κ2) is 10.8. The first-order chi connectivity index (χ1) is 17.6. The Balaban J connectivity index is 1.58. The average molecular weight is 540 g/mol. The van der Waals surface area contributed by atoms with Crippen molar-refractivity contribution in [3.05, 3.63) is 92.9 Å². The van der Waals surface area contributed by atoms with Crippen molar-refractivity contribution in [1.29, 1.82) is 0 Å². The molecule has 10 nitrogen and oxygen atoms in total. The van der Waals surface area contributed by atoms with Crippen molar-refractivity contribution in [2.45, 2.75) is 18.7 Å². The van der Waals surface area contributed by atoms with E-state index >= 15 is 0 Å². The van der Waals surface area contributed by atoms with E-state index in [1.54, 1.807) is 19.1 Å². The van der Waals surface area contributed by atoms with Crippen molar-refractivity contribution in [3.63, 3.8) is 0 Å². The van der Waals surface area contributed by atoms with Crippen LogP contribution in [-0.2, 0) is 14.9 Å². The van der Waals surface area contributed by atoms with E-state index < -0.39 is 15.0 Å². The molecule has 0 aliphatic carbocycles. The molecule has 0 unspecified atom stereocenters. The zero-order valence-corrected chi connectivity index (χ0v) is 21.3. The van der Waals surface area contributed by atoms with Crippen LogP contribution in [-0.4, -0.2) is 31.0 Å². The van der Waals surface area contributed by atoms with E-state index in [1.807, 2.05) is 31.2 Å². The van der Waals surface area contributed by atoms with Gasteiger partial charge in [-0.25, -0.2) is 4.99 Å². The second-order valence-corrected chi connectivity index (χ2v) is 10.3. The largest absolute Gasteiger partial charge is 0.490 e. The maximum atomic E-state index is 12.8. The molecule has 1 heterocycles. The molecule has 0 aromatic heterocycles. The maximum Gasteiger partial charge on any atom is 0.339 e. The Bertz CT molecular complexity index is 1530. The smallest absolute Gasteiger partial charge is 0.339 e. The normalized spacial score (nSPS) is 15.6. The van der Waals surface area contributed by atoms with Crippen molar-refractivity contribution in [1.82, 2.24) is 5.32 Å². The van der Waals surface area contributed by atoms with Crippen LogP contribution >= 0.6 is 11.8 Å². The fourth-order valence-corrected chi connectivity index (χ4v) is 5.06. The van der Waals surface area contributed by atoms with Gasteiger partial charge in [0.25, 0.3) is 11.6 Å². The van der Waals surface area contributed by atoms with E-state index in [0.717, 1.165) is 11.6 Å². The number of rotatable bonds is 8. The highest BCUT2D eigenvalue weighted by Crippen LogP contribution is 2.34. The van der Waals surface area contributed by atoms with Crippen molar-refractivity contribution >= 4 is 50.4 Å². The summed E-state index contributed by atoms with van der Waals surface area (Å²) < 4.78 is 36.3. The average Bonchev–Trinajstić information content (AvgIpc) is 3.20. The van der Waals surface area contributed by atoms with E-state index in [1.165, 1.54) is 42.1 Å². The highest BCUT2D eigenvalue weighted by Gasteiger charge is 2.25. The molecule has 1 N–H and O–H groups in total. The van der Waals surface area contributed by atoms with E-state index in [9.17, 15) is 23.3 Å². The van der Waals surface area contributed by atoms with Crippen LogP contribution in [0, 0.1) is 17.0 Å². The summed E-state index contributed by atoms with van der Waals surface area (Å²) in [6, 6.07) is 16.6. The summed E-state index contributed by atoms with van der Waals surface area (Å²) >= 11 is 1.17. The number of amides is 1. The fraction of sp³-hybridized carbons (Fsp3) is 0.120. The molecular formula is C25H21N3O7S2. The first-order valence-electron chi connectivity index (χ1n) is 11.0. The number of aliphatic imine (C=N–C) groups is 1. The van der Waals surface area contributed by atoms with Gasteiger partial charge in [-0.3, -0.25) is 14.9 Å². The number of aryl methyl sites for hydroxylation is 1. The van der Waals surface area contributed by atoms with Crippen LogP contribution in [0.3, 0.4) is 0 Å². The molecule has 1 aliphatic rings. The summed E-state index contributed by atoms with van der Waals surface area (Å²) in [4.78, 5) is 27.3. The number of thioether (sulfide) groups is 1. The Kier molecular flexibility index (Phi) is 7.60. The molecule has 12 heteroatoms. The fourth-order valence-electron chi connectivity index (χ4n) is 3.24. The second-order valence-electron chi connectivity index (χ2n) is 7.75. The van der Waals surface area contributed by atoms with Gasteiger partial charge in [0.2, 0.25) is 0 Å². The van der Waals surface area contributed by atoms with E-state index in [0.29, 0.717) is 21.3 Å². The van der Waals surface area contributed by atoms with Gasteiger partial charge in [0.05, 0.1) is 22.1 Å². The topological polar surface area (TPSA) is 137 Å². The highest BCUT2D eigenvalue weighted by molar-refractivity contribution is 8.18. The minimum Gasteiger partial charge on any atom is -0.490 e.